The molecule has 1 N–H and O–H groups in total. The molecule has 6 heteroatoms. The third-order valence-corrected chi connectivity index (χ3v) is 5.44. The van der Waals surface area contributed by atoms with E-state index in [1.165, 1.54) is 23.4 Å². The Morgan fingerprint density at radius 1 is 1.19 bits per heavy atom. The quantitative estimate of drug-likeness (QED) is 0.830. The van der Waals surface area contributed by atoms with Crippen molar-refractivity contribution in [2.45, 2.75) is 70.5 Å². The molecule has 0 aromatic carbocycles. The molecule has 0 radical (unpaired) electrons. The number of aromatic nitrogens is 1. The van der Waals surface area contributed by atoms with Gasteiger partial charge in [0.15, 0.2) is 0 Å². The van der Waals surface area contributed by atoms with Gasteiger partial charge >= 0.3 is 6.18 Å². The second-order valence-electron chi connectivity index (χ2n) is 5.93. The van der Waals surface area contributed by atoms with Gasteiger partial charge in [0.1, 0.15) is 5.01 Å². The number of alkyl halides is 3. The van der Waals surface area contributed by atoms with E-state index in [4.69, 9.17) is 4.98 Å². The van der Waals surface area contributed by atoms with Crippen LogP contribution in [-0.2, 0) is 18.4 Å². The molecule has 0 saturated heterocycles. The third-order valence-electron chi connectivity index (χ3n) is 4.02. The smallest absolute Gasteiger partial charge is 0.306 e. The average molecular weight is 320 g/mol. The lowest BCUT2D eigenvalue weighted by Crippen LogP contribution is -2.39. The van der Waals surface area contributed by atoms with Crippen LogP contribution in [-0.4, -0.2) is 17.7 Å². The van der Waals surface area contributed by atoms with E-state index in [0.29, 0.717) is 6.42 Å². The predicted molar refractivity (Wildman–Crippen MR) is 79.7 cm³/mol. The summed E-state index contributed by atoms with van der Waals surface area (Å²) >= 11 is 1.69. The summed E-state index contributed by atoms with van der Waals surface area (Å²) in [4.78, 5) is 6.06. The number of nitrogens with zero attached hydrogens (tertiary/aromatic N) is 1. The van der Waals surface area contributed by atoms with E-state index in [1.54, 1.807) is 11.3 Å². The lowest BCUT2D eigenvalue weighted by Gasteiger charge is -2.28. The highest BCUT2D eigenvalue weighted by Crippen LogP contribution is 2.36. The molecular weight excluding hydrogens is 297 g/mol. The van der Waals surface area contributed by atoms with Gasteiger partial charge in [-0.3, -0.25) is 0 Å². The molecule has 21 heavy (non-hydrogen) atoms. The number of rotatable bonds is 6. The van der Waals surface area contributed by atoms with Crippen molar-refractivity contribution in [1.82, 2.24) is 10.3 Å². The molecule has 2 nitrogen and oxygen atoms in total. The van der Waals surface area contributed by atoms with Gasteiger partial charge in [0.2, 0.25) is 0 Å². The Morgan fingerprint density at radius 3 is 2.52 bits per heavy atom. The summed E-state index contributed by atoms with van der Waals surface area (Å²) in [5, 5.41) is 4.31. The Bertz CT molecular complexity index is 446. The summed E-state index contributed by atoms with van der Waals surface area (Å²) < 4.78 is 37.1. The number of hydrogen-bond donors (Lipinski definition) is 1. The van der Waals surface area contributed by atoms with Crippen LogP contribution in [0.5, 0.6) is 0 Å². The number of fused-ring (bicyclic) bond motifs is 1. The first-order valence-electron chi connectivity index (χ1n) is 7.65. The molecule has 0 aliphatic heterocycles. The van der Waals surface area contributed by atoms with Crippen molar-refractivity contribution in [3.05, 3.63) is 15.6 Å². The van der Waals surface area contributed by atoms with Crippen LogP contribution < -0.4 is 5.32 Å². The molecule has 0 spiro atoms. The summed E-state index contributed by atoms with van der Waals surface area (Å²) in [6.07, 6.45) is 0.245. The third kappa shape index (κ3) is 4.42. The average Bonchev–Trinajstić information content (AvgIpc) is 2.82. The van der Waals surface area contributed by atoms with Crippen molar-refractivity contribution in [2.75, 3.05) is 6.54 Å². The van der Waals surface area contributed by atoms with Gasteiger partial charge in [-0.15, -0.1) is 11.3 Å². The standard InChI is InChI=1S/C15H23F3N2S/c1-3-19-14(2,9-6-10-15(16,17)18)13-20-11-7-4-5-8-12(11)21-13/h19H,3-10H2,1-2H3. The molecule has 120 valence electrons. The molecule has 0 bridgehead atoms. The second-order valence-corrected chi connectivity index (χ2v) is 7.01. The summed E-state index contributed by atoms with van der Waals surface area (Å²) in [6, 6.07) is 0. The van der Waals surface area contributed by atoms with E-state index in [9.17, 15) is 13.2 Å². The summed E-state index contributed by atoms with van der Waals surface area (Å²) in [7, 11) is 0. The maximum absolute atomic E-state index is 12.4. The Hall–Kier alpha value is -0.620. The van der Waals surface area contributed by atoms with Gasteiger partial charge < -0.3 is 5.32 Å². The number of aryl methyl sites for hydroxylation is 2. The first kappa shape index (κ1) is 16.7. The van der Waals surface area contributed by atoms with Crippen molar-refractivity contribution in [3.63, 3.8) is 0 Å². The van der Waals surface area contributed by atoms with Gasteiger partial charge in [-0.25, -0.2) is 4.98 Å². The van der Waals surface area contributed by atoms with Gasteiger partial charge in [-0.2, -0.15) is 13.2 Å². The number of thiazole rings is 1. The summed E-state index contributed by atoms with van der Waals surface area (Å²) in [5.74, 6) is 0. The monoisotopic (exact) mass is 320 g/mol. The van der Waals surface area contributed by atoms with Crippen molar-refractivity contribution in [2.24, 2.45) is 0 Å². The zero-order valence-corrected chi connectivity index (χ0v) is 13.5. The first-order valence-corrected chi connectivity index (χ1v) is 8.46. The van der Waals surface area contributed by atoms with Crippen LogP contribution in [0.15, 0.2) is 0 Å². The van der Waals surface area contributed by atoms with E-state index >= 15 is 0 Å². The van der Waals surface area contributed by atoms with Gasteiger partial charge in [0.05, 0.1) is 11.2 Å². The summed E-state index contributed by atoms with van der Waals surface area (Å²) in [6.45, 7) is 4.69. The normalized spacial score (nSPS) is 18.3. The maximum atomic E-state index is 12.4. The minimum absolute atomic E-state index is 0.136. The van der Waals surface area contributed by atoms with Gasteiger partial charge in [0.25, 0.3) is 0 Å². The van der Waals surface area contributed by atoms with Crippen LogP contribution in [0.3, 0.4) is 0 Å². The Balaban J connectivity index is 2.10. The molecule has 1 atom stereocenters. The van der Waals surface area contributed by atoms with Crippen molar-refractivity contribution >= 4 is 11.3 Å². The highest BCUT2D eigenvalue weighted by atomic mass is 32.1. The van der Waals surface area contributed by atoms with Crippen molar-refractivity contribution in [1.29, 1.82) is 0 Å². The number of hydrogen-bond acceptors (Lipinski definition) is 3. The molecule has 0 fully saturated rings. The molecule has 1 heterocycles. The van der Waals surface area contributed by atoms with Crippen molar-refractivity contribution in [3.8, 4) is 0 Å². The fraction of sp³-hybridized carbons (Fsp3) is 0.800. The Kier molecular flexibility index (Phi) is 5.30. The minimum atomic E-state index is -4.07. The lowest BCUT2D eigenvalue weighted by molar-refractivity contribution is -0.136. The molecule has 0 saturated carbocycles. The molecule has 0 amide bonds. The second kappa shape index (κ2) is 6.65. The number of nitrogens with one attached hydrogen (secondary N) is 1. The van der Waals surface area contributed by atoms with E-state index in [0.717, 1.165) is 24.4 Å². The van der Waals surface area contributed by atoms with Gasteiger partial charge in [-0.1, -0.05) is 6.92 Å². The first-order chi connectivity index (χ1) is 9.84. The van der Waals surface area contributed by atoms with Crippen LogP contribution in [0.4, 0.5) is 13.2 Å². The highest BCUT2D eigenvalue weighted by molar-refractivity contribution is 7.11. The van der Waals surface area contributed by atoms with Crippen molar-refractivity contribution < 1.29 is 13.2 Å². The number of halogens is 3. The zero-order valence-electron chi connectivity index (χ0n) is 12.6. The van der Waals surface area contributed by atoms with E-state index in [1.807, 2.05) is 13.8 Å². The SMILES string of the molecule is CCNC(C)(CCCC(F)(F)F)c1nc2c(s1)CCCC2. The van der Waals surface area contributed by atoms with Crippen LogP contribution in [0, 0.1) is 0 Å². The maximum Gasteiger partial charge on any atom is 0.389 e. The minimum Gasteiger partial charge on any atom is -0.306 e. The lowest BCUT2D eigenvalue weighted by atomic mass is 9.95. The molecule has 2 rings (SSSR count). The molecule has 1 aromatic rings. The van der Waals surface area contributed by atoms with Gasteiger partial charge in [-0.05, 0) is 52.0 Å². The zero-order chi connectivity index (χ0) is 15.5. The largest absolute Gasteiger partial charge is 0.389 e. The van der Waals surface area contributed by atoms with E-state index in [-0.39, 0.29) is 6.42 Å². The molecule has 1 aromatic heterocycles. The summed E-state index contributed by atoms with van der Waals surface area (Å²) in [5.41, 5.74) is 0.725. The van der Waals surface area contributed by atoms with E-state index in [2.05, 4.69) is 5.32 Å². The Labute approximate surface area is 128 Å². The van der Waals surface area contributed by atoms with Gasteiger partial charge in [0, 0.05) is 11.3 Å². The molecular formula is C15H23F3N2S. The molecule has 1 aliphatic rings. The Morgan fingerprint density at radius 2 is 1.90 bits per heavy atom. The topological polar surface area (TPSA) is 24.9 Å². The van der Waals surface area contributed by atoms with Crippen LogP contribution in [0.2, 0.25) is 0 Å². The van der Waals surface area contributed by atoms with Crippen LogP contribution >= 0.6 is 11.3 Å². The fourth-order valence-electron chi connectivity index (χ4n) is 2.89. The van der Waals surface area contributed by atoms with Crippen LogP contribution in [0.1, 0.15) is 61.5 Å². The molecule has 1 aliphatic carbocycles. The molecule has 1 unspecified atom stereocenters. The predicted octanol–water partition coefficient (Wildman–Crippen LogP) is 4.58. The fourth-order valence-corrected chi connectivity index (χ4v) is 4.19. The van der Waals surface area contributed by atoms with Crippen LogP contribution in [0.25, 0.3) is 0 Å². The van der Waals surface area contributed by atoms with E-state index < -0.39 is 18.1 Å². The highest BCUT2D eigenvalue weighted by Gasteiger charge is 2.33.